The molecule has 0 N–H and O–H groups in total. The van der Waals surface area contributed by atoms with Crippen LogP contribution in [0.5, 0.6) is 0 Å². The van der Waals surface area contributed by atoms with Gasteiger partial charge in [-0.3, -0.25) is 4.98 Å². The number of sulfone groups is 1. The molecule has 1 aliphatic heterocycles. The number of hydrogen-bond donors (Lipinski definition) is 0. The first-order valence-electron chi connectivity index (χ1n) is 9.85. The van der Waals surface area contributed by atoms with Gasteiger partial charge in [-0.1, -0.05) is 0 Å². The highest BCUT2D eigenvalue weighted by Crippen LogP contribution is 2.48. The number of pyridine rings is 1. The van der Waals surface area contributed by atoms with Gasteiger partial charge in [-0.25, -0.2) is 22.8 Å². The summed E-state index contributed by atoms with van der Waals surface area (Å²) < 4.78 is 41.7. The number of halogens is 1. The Bertz CT molecular complexity index is 929. The van der Waals surface area contributed by atoms with Gasteiger partial charge in [-0.2, -0.15) is 0 Å². The third-order valence-electron chi connectivity index (χ3n) is 5.82. The molecule has 156 valence electrons. The number of rotatable bonds is 7. The Morgan fingerprint density at radius 2 is 1.86 bits per heavy atom. The Morgan fingerprint density at radius 1 is 1.14 bits per heavy atom. The highest BCUT2D eigenvalue weighted by molar-refractivity contribution is 7.90. The average Bonchev–Trinajstić information content (AvgIpc) is 3.48. The second kappa shape index (κ2) is 8.31. The van der Waals surface area contributed by atoms with Crippen molar-refractivity contribution in [2.45, 2.75) is 30.8 Å². The van der Waals surface area contributed by atoms with Gasteiger partial charge in [-0.05, 0) is 49.1 Å². The van der Waals surface area contributed by atoms with Gasteiger partial charge in [0.25, 0.3) is 0 Å². The lowest BCUT2D eigenvalue weighted by atomic mass is 9.91. The first-order chi connectivity index (χ1) is 13.9. The molecular weight excluding hydrogens is 395 g/mol. The quantitative estimate of drug-likeness (QED) is 0.680. The molecule has 3 heterocycles. The highest BCUT2D eigenvalue weighted by atomic mass is 32.2. The van der Waals surface area contributed by atoms with Crippen LogP contribution in [0.25, 0.3) is 0 Å². The van der Waals surface area contributed by atoms with Crippen LogP contribution in [0.15, 0.2) is 35.6 Å². The maximum absolute atomic E-state index is 13.0. The molecule has 9 heteroatoms. The molecule has 0 unspecified atom stereocenters. The van der Waals surface area contributed by atoms with Crippen LogP contribution >= 0.6 is 0 Å². The van der Waals surface area contributed by atoms with Crippen LogP contribution in [0.3, 0.4) is 0 Å². The van der Waals surface area contributed by atoms with Gasteiger partial charge < -0.3 is 9.64 Å². The molecule has 2 aliphatic rings. The Morgan fingerprint density at radius 3 is 2.48 bits per heavy atom. The number of nitrogens with zero attached hydrogens (tertiary/aromatic N) is 4. The zero-order valence-corrected chi connectivity index (χ0v) is 17.2. The van der Waals surface area contributed by atoms with Gasteiger partial charge in [0.1, 0.15) is 0 Å². The summed E-state index contributed by atoms with van der Waals surface area (Å²) >= 11 is 0. The maximum atomic E-state index is 13.0. The number of hydrogen-bond acceptors (Lipinski definition) is 7. The molecule has 2 fully saturated rings. The summed E-state index contributed by atoms with van der Waals surface area (Å²) in [6, 6.07) is 3.27. The Hall–Kier alpha value is -2.13. The minimum atomic E-state index is -3.22. The van der Waals surface area contributed by atoms with E-state index >= 15 is 0 Å². The van der Waals surface area contributed by atoms with Crippen molar-refractivity contribution in [3.63, 3.8) is 0 Å². The van der Waals surface area contributed by atoms with E-state index in [1.165, 1.54) is 31.3 Å². The van der Waals surface area contributed by atoms with E-state index in [0.717, 1.165) is 31.6 Å². The largest absolute Gasteiger partial charge is 0.375 e. The summed E-state index contributed by atoms with van der Waals surface area (Å²) in [5, 5.41) is 0. The number of anilines is 1. The van der Waals surface area contributed by atoms with E-state index in [-0.39, 0.29) is 4.90 Å². The molecular formula is C20H25FN4O3S. The van der Waals surface area contributed by atoms with Gasteiger partial charge in [0.2, 0.25) is 5.95 Å². The third-order valence-corrected chi connectivity index (χ3v) is 6.92. The van der Waals surface area contributed by atoms with Crippen LogP contribution in [0.2, 0.25) is 0 Å². The zero-order chi connectivity index (χ0) is 20.4. The second-order valence-electron chi connectivity index (χ2n) is 7.96. The monoisotopic (exact) mass is 420 g/mol. The molecule has 1 saturated carbocycles. The fourth-order valence-corrected chi connectivity index (χ4v) is 4.63. The van der Waals surface area contributed by atoms with E-state index in [1.807, 2.05) is 0 Å². The predicted octanol–water partition coefficient (Wildman–Crippen LogP) is 2.48. The number of ether oxygens (including phenoxy) is 1. The lowest BCUT2D eigenvalue weighted by molar-refractivity contribution is 0.102. The van der Waals surface area contributed by atoms with E-state index in [9.17, 15) is 12.8 Å². The van der Waals surface area contributed by atoms with Crippen molar-refractivity contribution in [3.8, 4) is 0 Å². The van der Waals surface area contributed by atoms with Crippen molar-refractivity contribution in [3.05, 3.63) is 42.2 Å². The van der Waals surface area contributed by atoms with Crippen LogP contribution in [0.1, 0.15) is 25.0 Å². The van der Waals surface area contributed by atoms with Crippen molar-refractivity contribution < 1.29 is 17.5 Å². The third kappa shape index (κ3) is 5.08. The summed E-state index contributed by atoms with van der Waals surface area (Å²) in [4.78, 5) is 14.7. The molecule has 2 aromatic heterocycles. The van der Waals surface area contributed by atoms with Crippen LogP contribution < -0.4 is 4.90 Å². The minimum Gasteiger partial charge on any atom is -0.375 e. The van der Waals surface area contributed by atoms with E-state index in [1.54, 1.807) is 12.1 Å². The van der Waals surface area contributed by atoms with Crippen molar-refractivity contribution in [2.75, 3.05) is 30.9 Å². The average molecular weight is 421 g/mol. The second-order valence-corrected chi connectivity index (χ2v) is 9.97. The van der Waals surface area contributed by atoms with Crippen LogP contribution in [-0.2, 0) is 21.2 Å². The molecule has 2 aromatic rings. The normalized spacial score (nSPS) is 22.6. The molecule has 0 aromatic carbocycles. The summed E-state index contributed by atoms with van der Waals surface area (Å²) in [5.41, 5.74) is 0.738. The number of aromatic nitrogens is 3. The zero-order valence-electron chi connectivity index (χ0n) is 16.4. The molecule has 1 saturated heterocycles. The Kier molecular flexibility index (Phi) is 5.78. The minimum absolute atomic E-state index is 0.223. The Balaban J connectivity index is 1.18. The van der Waals surface area contributed by atoms with Crippen molar-refractivity contribution in [1.29, 1.82) is 0 Å². The molecule has 0 bridgehead atoms. The van der Waals surface area contributed by atoms with Gasteiger partial charge in [0, 0.05) is 25.5 Å². The van der Waals surface area contributed by atoms with E-state index < -0.39 is 15.7 Å². The maximum Gasteiger partial charge on any atom is 0.225 e. The lowest BCUT2D eigenvalue weighted by Gasteiger charge is -2.32. The Labute approximate surface area is 170 Å². The van der Waals surface area contributed by atoms with Gasteiger partial charge >= 0.3 is 0 Å². The van der Waals surface area contributed by atoms with Crippen molar-refractivity contribution in [2.24, 2.45) is 17.8 Å². The fraction of sp³-hybridized carbons (Fsp3) is 0.550. The van der Waals surface area contributed by atoms with E-state index in [2.05, 4.69) is 19.9 Å². The highest BCUT2D eigenvalue weighted by Gasteiger charge is 2.43. The summed E-state index contributed by atoms with van der Waals surface area (Å²) in [6.07, 6.45) is 8.36. The molecule has 4 rings (SSSR count). The molecule has 2 atom stereocenters. The van der Waals surface area contributed by atoms with Gasteiger partial charge in [-0.15, -0.1) is 0 Å². The molecule has 0 spiro atoms. The van der Waals surface area contributed by atoms with E-state index in [4.69, 9.17) is 4.74 Å². The standard InChI is InChI=1S/C20H25FN4O3S/c1-29(26,27)18-3-2-17(22-11-18)13-28-12-15-8-19(15)14-4-6-25(7-5-14)20-23-9-16(21)10-24-20/h2-3,9-11,14-15,19H,4-8,12-13H2,1H3/t15-,19+/m0/s1. The number of piperidine rings is 1. The SMILES string of the molecule is CS(=O)(=O)c1ccc(COC[C@@H]2C[C@@H]2C2CCN(c3ncc(F)cn3)CC2)nc1. The molecule has 1 aliphatic carbocycles. The first kappa shape index (κ1) is 20.2. The van der Waals surface area contributed by atoms with E-state index in [0.29, 0.717) is 36.9 Å². The molecule has 29 heavy (non-hydrogen) atoms. The molecule has 7 nitrogen and oxygen atoms in total. The van der Waals surface area contributed by atoms with Crippen LogP contribution in [0.4, 0.5) is 10.3 Å². The van der Waals surface area contributed by atoms with Crippen molar-refractivity contribution >= 4 is 15.8 Å². The lowest BCUT2D eigenvalue weighted by Crippen LogP contribution is -2.35. The molecule has 0 radical (unpaired) electrons. The van der Waals surface area contributed by atoms with Gasteiger partial charge in [0.05, 0.1) is 36.2 Å². The van der Waals surface area contributed by atoms with Crippen LogP contribution in [-0.4, -0.2) is 49.3 Å². The van der Waals surface area contributed by atoms with Gasteiger partial charge in [0.15, 0.2) is 15.7 Å². The molecule has 0 amide bonds. The first-order valence-corrected chi connectivity index (χ1v) is 11.7. The fourth-order valence-electron chi connectivity index (χ4n) is 4.07. The summed E-state index contributed by atoms with van der Waals surface area (Å²) in [6.45, 7) is 2.91. The topological polar surface area (TPSA) is 85.3 Å². The van der Waals surface area contributed by atoms with Crippen LogP contribution in [0, 0.1) is 23.6 Å². The summed E-state index contributed by atoms with van der Waals surface area (Å²) in [7, 11) is -3.22. The summed E-state index contributed by atoms with van der Waals surface area (Å²) in [5.74, 6) is 2.17. The predicted molar refractivity (Wildman–Crippen MR) is 106 cm³/mol. The van der Waals surface area contributed by atoms with Crippen molar-refractivity contribution in [1.82, 2.24) is 15.0 Å². The smallest absolute Gasteiger partial charge is 0.225 e.